The van der Waals surface area contributed by atoms with E-state index in [1.54, 1.807) is 27.9 Å². The zero-order valence-electron chi connectivity index (χ0n) is 8.47. The Hall–Kier alpha value is -1.10. The molecule has 0 bridgehead atoms. The van der Waals surface area contributed by atoms with E-state index in [1.165, 1.54) is 0 Å². The Bertz CT molecular complexity index is 174. The first-order chi connectivity index (χ1) is 6.02. The fraction of sp³-hybridized carbons (Fsp3) is 0.750. The molecule has 2 amide bonds. The van der Waals surface area contributed by atoms with Crippen LogP contribution in [0.15, 0.2) is 0 Å². The van der Waals surface area contributed by atoms with Gasteiger partial charge in [0.1, 0.15) is 0 Å². The summed E-state index contributed by atoms with van der Waals surface area (Å²) in [5, 5.41) is 7.84. The maximum absolute atomic E-state index is 11.1. The molecule has 2 unspecified atom stereocenters. The van der Waals surface area contributed by atoms with Crippen molar-refractivity contribution < 1.29 is 9.59 Å². The molecule has 0 spiro atoms. The van der Waals surface area contributed by atoms with Crippen molar-refractivity contribution >= 4 is 11.8 Å². The lowest BCUT2D eigenvalue weighted by atomic mass is 10.2. The predicted molar refractivity (Wildman–Crippen MR) is 50.2 cm³/mol. The molecule has 0 aliphatic heterocycles. The van der Waals surface area contributed by atoms with Crippen molar-refractivity contribution in [1.82, 2.24) is 16.0 Å². The van der Waals surface area contributed by atoms with Crippen LogP contribution < -0.4 is 16.0 Å². The molecule has 0 saturated heterocycles. The number of hydrogen-bond donors (Lipinski definition) is 3. The molecular formula is C8H17N3O2. The van der Waals surface area contributed by atoms with Crippen LogP contribution in [-0.2, 0) is 9.59 Å². The van der Waals surface area contributed by atoms with Crippen LogP contribution in [0.2, 0.25) is 0 Å². The van der Waals surface area contributed by atoms with Crippen molar-refractivity contribution in [3.8, 4) is 0 Å². The highest BCUT2D eigenvalue weighted by molar-refractivity contribution is 5.84. The van der Waals surface area contributed by atoms with Gasteiger partial charge in [-0.2, -0.15) is 0 Å². The van der Waals surface area contributed by atoms with Crippen LogP contribution in [0.3, 0.4) is 0 Å². The number of carbonyl (C=O) groups is 2. The second-order valence-corrected chi connectivity index (χ2v) is 2.84. The summed E-state index contributed by atoms with van der Waals surface area (Å²) in [6.45, 7) is 3.41. The van der Waals surface area contributed by atoms with E-state index in [2.05, 4.69) is 16.0 Å². The van der Waals surface area contributed by atoms with Gasteiger partial charge in [0.25, 0.3) is 0 Å². The maximum atomic E-state index is 11.1. The number of rotatable bonds is 4. The Kier molecular flexibility index (Phi) is 5.06. The van der Waals surface area contributed by atoms with E-state index in [0.29, 0.717) is 0 Å². The molecule has 2 atom stereocenters. The highest BCUT2D eigenvalue weighted by atomic mass is 16.2. The Labute approximate surface area is 78.3 Å². The smallest absolute Gasteiger partial charge is 0.236 e. The first-order valence-corrected chi connectivity index (χ1v) is 4.22. The summed E-state index contributed by atoms with van der Waals surface area (Å²) in [4.78, 5) is 22.1. The fourth-order valence-corrected chi connectivity index (χ4v) is 0.959. The Morgan fingerprint density at radius 1 is 0.923 bits per heavy atom. The number of amides is 2. The zero-order chi connectivity index (χ0) is 10.4. The highest BCUT2D eigenvalue weighted by Gasteiger charge is 2.17. The first-order valence-electron chi connectivity index (χ1n) is 4.22. The molecule has 76 valence electrons. The van der Waals surface area contributed by atoms with Crippen LogP contribution in [0.5, 0.6) is 0 Å². The molecule has 0 rings (SSSR count). The third-order valence-electron chi connectivity index (χ3n) is 1.78. The van der Waals surface area contributed by atoms with E-state index >= 15 is 0 Å². The SMILES string of the molecule is CNC(=O)C(C)NC(C)C(=O)NC. The van der Waals surface area contributed by atoms with E-state index in [1.807, 2.05) is 0 Å². The Morgan fingerprint density at radius 3 is 1.46 bits per heavy atom. The van der Waals surface area contributed by atoms with Gasteiger partial charge in [0.05, 0.1) is 12.1 Å². The van der Waals surface area contributed by atoms with Crippen molar-refractivity contribution in [2.45, 2.75) is 25.9 Å². The summed E-state index contributed by atoms with van der Waals surface area (Å²) in [5.41, 5.74) is 0. The van der Waals surface area contributed by atoms with Gasteiger partial charge in [0, 0.05) is 14.1 Å². The summed E-state index contributed by atoms with van der Waals surface area (Å²) in [7, 11) is 3.12. The van der Waals surface area contributed by atoms with Crippen LogP contribution in [0.1, 0.15) is 13.8 Å². The standard InChI is InChI=1S/C8H17N3O2/c1-5(7(12)9-3)11-6(2)8(13)10-4/h5-6,11H,1-4H3,(H,9,12)(H,10,13). The van der Waals surface area contributed by atoms with Gasteiger partial charge in [-0.3, -0.25) is 14.9 Å². The molecule has 0 aromatic heterocycles. The predicted octanol–water partition coefficient (Wildman–Crippen LogP) is -1.15. The molecule has 0 aliphatic rings. The van der Waals surface area contributed by atoms with Crippen molar-refractivity contribution in [1.29, 1.82) is 0 Å². The normalized spacial score (nSPS) is 14.5. The lowest BCUT2D eigenvalue weighted by Crippen LogP contribution is -2.49. The van der Waals surface area contributed by atoms with Gasteiger partial charge < -0.3 is 10.6 Å². The Balaban J connectivity index is 3.98. The molecule has 0 radical (unpaired) electrons. The molecule has 13 heavy (non-hydrogen) atoms. The van der Waals surface area contributed by atoms with E-state index < -0.39 is 0 Å². The van der Waals surface area contributed by atoms with Crippen molar-refractivity contribution in [2.75, 3.05) is 14.1 Å². The van der Waals surface area contributed by atoms with Crippen LogP contribution in [-0.4, -0.2) is 38.0 Å². The third-order valence-corrected chi connectivity index (χ3v) is 1.78. The molecule has 0 heterocycles. The molecule has 0 aromatic rings. The number of hydrogen-bond acceptors (Lipinski definition) is 3. The fourth-order valence-electron chi connectivity index (χ4n) is 0.959. The van der Waals surface area contributed by atoms with Crippen LogP contribution in [0.4, 0.5) is 0 Å². The van der Waals surface area contributed by atoms with Gasteiger partial charge in [-0.1, -0.05) is 0 Å². The van der Waals surface area contributed by atoms with Gasteiger partial charge in [-0.05, 0) is 13.8 Å². The molecule has 3 N–H and O–H groups in total. The summed E-state index contributed by atoms with van der Waals surface area (Å²) < 4.78 is 0. The van der Waals surface area contributed by atoms with E-state index in [0.717, 1.165) is 0 Å². The first kappa shape index (κ1) is 11.9. The second-order valence-electron chi connectivity index (χ2n) is 2.84. The summed E-state index contributed by atoms with van der Waals surface area (Å²) in [6.07, 6.45) is 0. The van der Waals surface area contributed by atoms with Gasteiger partial charge in [0.15, 0.2) is 0 Å². The summed E-state index contributed by atoms with van der Waals surface area (Å²) in [5.74, 6) is -0.258. The van der Waals surface area contributed by atoms with Crippen LogP contribution >= 0.6 is 0 Å². The minimum Gasteiger partial charge on any atom is -0.358 e. The number of carbonyl (C=O) groups excluding carboxylic acids is 2. The van der Waals surface area contributed by atoms with E-state index in [9.17, 15) is 9.59 Å². The Morgan fingerprint density at radius 2 is 1.23 bits per heavy atom. The van der Waals surface area contributed by atoms with Gasteiger partial charge in [-0.25, -0.2) is 0 Å². The van der Waals surface area contributed by atoms with Crippen LogP contribution in [0, 0.1) is 0 Å². The van der Waals surface area contributed by atoms with Crippen molar-refractivity contribution in [3.63, 3.8) is 0 Å². The monoisotopic (exact) mass is 187 g/mol. The molecule has 0 saturated carbocycles. The zero-order valence-corrected chi connectivity index (χ0v) is 8.47. The third kappa shape index (κ3) is 3.89. The summed E-state index contributed by atoms with van der Waals surface area (Å²) in [6, 6.07) is -0.727. The molecule has 0 aliphatic carbocycles. The average Bonchev–Trinajstić information content (AvgIpc) is 2.14. The molecular weight excluding hydrogens is 170 g/mol. The topological polar surface area (TPSA) is 70.2 Å². The minimum atomic E-state index is -0.364. The summed E-state index contributed by atoms with van der Waals surface area (Å²) >= 11 is 0. The highest BCUT2D eigenvalue weighted by Crippen LogP contribution is 1.87. The molecule has 5 heteroatoms. The van der Waals surface area contributed by atoms with Gasteiger partial charge in [-0.15, -0.1) is 0 Å². The van der Waals surface area contributed by atoms with Crippen molar-refractivity contribution in [2.24, 2.45) is 0 Å². The average molecular weight is 187 g/mol. The van der Waals surface area contributed by atoms with Crippen molar-refractivity contribution in [3.05, 3.63) is 0 Å². The van der Waals surface area contributed by atoms with Crippen LogP contribution in [0.25, 0.3) is 0 Å². The number of nitrogens with one attached hydrogen (secondary N) is 3. The van der Waals surface area contributed by atoms with E-state index in [4.69, 9.17) is 0 Å². The second kappa shape index (κ2) is 5.53. The maximum Gasteiger partial charge on any atom is 0.236 e. The van der Waals surface area contributed by atoms with Gasteiger partial charge >= 0.3 is 0 Å². The lowest BCUT2D eigenvalue weighted by molar-refractivity contribution is -0.124. The lowest BCUT2D eigenvalue weighted by Gasteiger charge is -2.17. The van der Waals surface area contributed by atoms with Gasteiger partial charge in [0.2, 0.25) is 11.8 Å². The van der Waals surface area contributed by atoms with E-state index in [-0.39, 0.29) is 23.9 Å². The largest absolute Gasteiger partial charge is 0.358 e. The molecule has 0 aromatic carbocycles. The number of likely N-dealkylation sites (N-methyl/N-ethyl adjacent to an activating group) is 2. The molecule has 5 nitrogen and oxygen atoms in total. The molecule has 0 fully saturated rings. The minimum absolute atomic E-state index is 0.129. The quantitative estimate of drug-likeness (QED) is 0.520.